The molecule has 3 N–H and O–H groups in total. The third-order valence-corrected chi connectivity index (χ3v) is 3.80. The van der Waals surface area contributed by atoms with Gasteiger partial charge in [-0.1, -0.05) is 0 Å². The molecule has 1 aromatic rings. The van der Waals surface area contributed by atoms with E-state index < -0.39 is 10.8 Å². The lowest BCUT2D eigenvalue weighted by atomic mass is 10.1. The average molecular weight is 281 g/mol. The minimum Gasteiger partial charge on any atom is -0.382 e. The molecule has 6 heteroatoms. The molecular weight excluding hydrogens is 262 g/mol. The molecule has 2 rings (SSSR count). The number of rotatable bonds is 5. The van der Waals surface area contributed by atoms with Gasteiger partial charge >= 0.3 is 0 Å². The summed E-state index contributed by atoms with van der Waals surface area (Å²) in [7, 11) is -0.796. The van der Waals surface area contributed by atoms with Crippen LogP contribution in [0.3, 0.4) is 0 Å². The molecule has 1 aliphatic heterocycles. The van der Waals surface area contributed by atoms with Crippen molar-refractivity contribution in [3.05, 3.63) is 23.8 Å². The van der Waals surface area contributed by atoms with Crippen LogP contribution < -0.4 is 16.0 Å². The van der Waals surface area contributed by atoms with E-state index in [1.807, 2.05) is 18.2 Å². The maximum atomic E-state index is 11.9. The molecule has 1 heterocycles. The Bertz CT molecular complexity index is 491. The molecule has 0 saturated heterocycles. The number of carbonyl (C=O) groups is 1. The lowest BCUT2D eigenvalue weighted by Gasteiger charge is -2.20. The normalized spacial score (nSPS) is 14.8. The van der Waals surface area contributed by atoms with Crippen molar-refractivity contribution >= 4 is 28.1 Å². The Balaban J connectivity index is 1.90. The molecule has 0 fully saturated rings. The second-order valence-electron chi connectivity index (χ2n) is 4.50. The summed E-state index contributed by atoms with van der Waals surface area (Å²) in [6, 6.07) is 5.58. The van der Waals surface area contributed by atoms with Gasteiger partial charge in [-0.25, -0.2) is 0 Å². The highest BCUT2D eigenvalue weighted by molar-refractivity contribution is 7.84. The van der Waals surface area contributed by atoms with Gasteiger partial charge in [0.05, 0.1) is 11.4 Å². The van der Waals surface area contributed by atoms with E-state index >= 15 is 0 Å². The first-order chi connectivity index (χ1) is 9.16. The molecule has 1 aromatic carbocycles. The van der Waals surface area contributed by atoms with Gasteiger partial charge in [-0.05, 0) is 24.6 Å². The van der Waals surface area contributed by atoms with Crippen molar-refractivity contribution in [2.45, 2.75) is 6.42 Å². The van der Waals surface area contributed by atoms with Gasteiger partial charge in [0.25, 0.3) is 5.91 Å². The van der Waals surface area contributed by atoms with Crippen LogP contribution in [-0.4, -0.2) is 41.8 Å². The van der Waals surface area contributed by atoms with Crippen LogP contribution in [0.5, 0.6) is 0 Å². The number of benzene rings is 1. The molecule has 19 heavy (non-hydrogen) atoms. The Morgan fingerprint density at radius 2 is 2.05 bits per heavy atom. The topological polar surface area (TPSA) is 70.2 Å². The second-order valence-corrected chi connectivity index (χ2v) is 6.06. The highest BCUT2D eigenvalue weighted by Gasteiger charge is 2.11. The van der Waals surface area contributed by atoms with Crippen molar-refractivity contribution in [1.29, 1.82) is 0 Å². The fourth-order valence-corrected chi connectivity index (χ4v) is 2.51. The van der Waals surface area contributed by atoms with Crippen LogP contribution in [-0.2, 0) is 10.8 Å². The molecule has 0 bridgehead atoms. The largest absolute Gasteiger partial charge is 0.382 e. The molecule has 0 radical (unpaired) electrons. The van der Waals surface area contributed by atoms with Crippen LogP contribution in [0.4, 0.5) is 11.4 Å². The van der Waals surface area contributed by atoms with E-state index in [1.54, 1.807) is 6.26 Å². The summed E-state index contributed by atoms with van der Waals surface area (Å²) in [5.74, 6) is 0.535. The van der Waals surface area contributed by atoms with E-state index in [2.05, 4.69) is 16.0 Å². The number of carbonyl (C=O) groups excluding carboxylic acids is 1. The first kappa shape index (κ1) is 13.9. The molecule has 5 nitrogen and oxygen atoms in total. The molecule has 104 valence electrons. The smallest absolute Gasteiger partial charge is 0.251 e. The fourth-order valence-electron chi connectivity index (χ4n) is 1.96. The monoisotopic (exact) mass is 281 g/mol. The lowest BCUT2D eigenvalue weighted by Crippen LogP contribution is -2.26. The SMILES string of the molecule is CS(=O)CCCNC(=O)c1ccc2c(c1)NCCN2. The summed E-state index contributed by atoms with van der Waals surface area (Å²) in [4.78, 5) is 11.9. The van der Waals surface area contributed by atoms with Crippen LogP contribution in [0, 0.1) is 0 Å². The standard InChI is InChI=1S/C13H19N3O2S/c1-19(18)8-2-5-16-13(17)10-3-4-11-12(9-10)15-7-6-14-11/h3-4,9,14-15H,2,5-8H2,1H3,(H,16,17). The minimum absolute atomic E-state index is 0.0861. The van der Waals surface area contributed by atoms with Crippen molar-refractivity contribution in [3.8, 4) is 0 Å². The zero-order valence-corrected chi connectivity index (χ0v) is 11.8. The molecule has 0 saturated carbocycles. The number of amides is 1. The van der Waals surface area contributed by atoms with Crippen molar-refractivity contribution in [3.63, 3.8) is 0 Å². The van der Waals surface area contributed by atoms with Gasteiger partial charge in [0.15, 0.2) is 0 Å². The molecule has 1 unspecified atom stereocenters. The molecule has 0 spiro atoms. The number of nitrogens with one attached hydrogen (secondary N) is 3. The zero-order chi connectivity index (χ0) is 13.7. The molecule has 0 aromatic heterocycles. The Labute approximate surface area is 115 Å². The van der Waals surface area contributed by atoms with Crippen LogP contribution >= 0.6 is 0 Å². The number of fused-ring (bicyclic) bond motifs is 1. The van der Waals surface area contributed by atoms with Crippen LogP contribution in [0.2, 0.25) is 0 Å². The van der Waals surface area contributed by atoms with Gasteiger partial charge in [-0.2, -0.15) is 0 Å². The molecule has 1 aliphatic rings. The Hall–Kier alpha value is -1.56. The van der Waals surface area contributed by atoms with Gasteiger partial charge in [0.2, 0.25) is 0 Å². The summed E-state index contributed by atoms with van der Waals surface area (Å²) in [6.07, 6.45) is 2.41. The van der Waals surface area contributed by atoms with Crippen molar-refractivity contribution in [2.75, 3.05) is 42.3 Å². The second kappa shape index (κ2) is 6.56. The van der Waals surface area contributed by atoms with Crippen LogP contribution in [0.15, 0.2) is 18.2 Å². The molecule has 1 amide bonds. The number of hydrogen-bond donors (Lipinski definition) is 3. The maximum absolute atomic E-state index is 11.9. The lowest BCUT2D eigenvalue weighted by molar-refractivity contribution is 0.0954. The van der Waals surface area contributed by atoms with Crippen molar-refractivity contribution in [2.24, 2.45) is 0 Å². The van der Waals surface area contributed by atoms with Gasteiger partial charge in [0.1, 0.15) is 0 Å². The van der Waals surface area contributed by atoms with E-state index in [4.69, 9.17) is 0 Å². The Morgan fingerprint density at radius 3 is 2.79 bits per heavy atom. The summed E-state index contributed by atoms with van der Waals surface area (Å²) < 4.78 is 10.9. The van der Waals surface area contributed by atoms with Gasteiger partial charge in [0, 0.05) is 48.0 Å². The highest BCUT2D eigenvalue weighted by atomic mass is 32.2. The molecular formula is C13H19N3O2S. The van der Waals surface area contributed by atoms with E-state index in [0.29, 0.717) is 17.9 Å². The number of anilines is 2. The first-order valence-electron chi connectivity index (χ1n) is 6.37. The Kier molecular flexibility index (Phi) is 4.79. The molecule has 0 aliphatic carbocycles. The van der Waals surface area contributed by atoms with Crippen LogP contribution in [0.1, 0.15) is 16.8 Å². The van der Waals surface area contributed by atoms with E-state index in [-0.39, 0.29) is 5.91 Å². The predicted molar refractivity (Wildman–Crippen MR) is 79.3 cm³/mol. The fraction of sp³-hybridized carbons (Fsp3) is 0.462. The maximum Gasteiger partial charge on any atom is 0.251 e. The minimum atomic E-state index is -0.796. The summed E-state index contributed by atoms with van der Waals surface area (Å²) in [5.41, 5.74) is 2.64. The van der Waals surface area contributed by atoms with E-state index in [9.17, 15) is 9.00 Å². The number of hydrogen-bond acceptors (Lipinski definition) is 4. The third kappa shape index (κ3) is 3.96. The van der Waals surface area contributed by atoms with Gasteiger partial charge < -0.3 is 16.0 Å². The third-order valence-electron chi connectivity index (χ3n) is 2.93. The van der Waals surface area contributed by atoms with Crippen LogP contribution in [0.25, 0.3) is 0 Å². The summed E-state index contributed by atoms with van der Waals surface area (Å²) in [5, 5.41) is 9.36. The van der Waals surface area contributed by atoms with Gasteiger partial charge in [-0.3, -0.25) is 9.00 Å². The van der Waals surface area contributed by atoms with Crippen molar-refractivity contribution < 1.29 is 9.00 Å². The predicted octanol–water partition coefficient (Wildman–Crippen LogP) is 1.02. The van der Waals surface area contributed by atoms with Gasteiger partial charge in [-0.15, -0.1) is 0 Å². The highest BCUT2D eigenvalue weighted by Crippen LogP contribution is 2.25. The Morgan fingerprint density at radius 1 is 1.32 bits per heavy atom. The zero-order valence-electron chi connectivity index (χ0n) is 11.0. The van der Waals surface area contributed by atoms with Crippen molar-refractivity contribution in [1.82, 2.24) is 5.32 Å². The van der Waals surface area contributed by atoms with E-state index in [0.717, 1.165) is 30.9 Å². The first-order valence-corrected chi connectivity index (χ1v) is 8.09. The summed E-state index contributed by atoms with van der Waals surface area (Å²) in [6.45, 7) is 2.31. The summed E-state index contributed by atoms with van der Waals surface area (Å²) >= 11 is 0. The van der Waals surface area contributed by atoms with E-state index in [1.165, 1.54) is 0 Å². The molecule has 1 atom stereocenters. The quantitative estimate of drug-likeness (QED) is 0.705. The average Bonchev–Trinajstić information content (AvgIpc) is 2.42.